The summed E-state index contributed by atoms with van der Waals surface area (Å²) >= 11 is 0. The van der Waals surface area contributed by atoms with Gasteiger partial charge in [0.1, 0.15) is 18.4 Å². The van der Waals surface area contributed by atoms with E-state index in [1.807, 2.05) is 6.92 Å². The predicted molar refractivity (Wildman–Crippen MR) is 100.0 cm³/mol. The fourth-order valence-corrected chi connectivity index (χ4v) is 3.49. The molecule has 0 aliphatic heterocycles. The van der Waals surface area contributed by atoms with Crippen molar-refractivity contribution in [1.29, 1.82) is 0 Å². The van der Waals surface area contributed by atoms with Gasteiger partial charge in [0.15, 0.2) is 0 Å². The second-order valence-corrected chi connectivity index (χ2v) is 7.22. The fourth-order valence-electron chi connectivity index (χ4n) is 2.32. The lowest BCUT2D eigenvalue weighted by atomic mass is 10.1. The number of carbonyl (C=O) groups is 1. The van der Waals surface area contributed by atoms with E-state index in [4.69, 9.17) is 14.2 Å². The van der Waals surface area contributed by atoms with Gasteiger partial charge in [-0.15, -0.1) is 0 Å². The number of hydrogen-bond donors (Lipinski definition) is 1. The summed E-state index contributed by atoms with van der Waals surface area (Å²) in [6, 6.07) is 13.3. The van der Waals surface area contributed by atoms with Gasteiger partial charge in [-0.25, -0.2) is 13.2 Å². The number of rotatable bonds is 10. The van der Waals surface area contributed by atoms with Gasteiger partial charge in [0, 0.05) is 6.61 Å². The van der Waals surface area contributed by atoms with E-state index in [9.17, 15) is 13.2 Å². The van der Waals surface area contributed by atoms with Crippen LogP contribution in [-0.2, 0) is 24.3 Å². The van der Waals surface area contributed by atoms with Crippen LogP contribution >= 0.6 is 0 Å². The van der Waals surface area contributed by atoms with Gasteiger partial charge in [-0.2, -0.15) is 4.72 Å². The Balaban J connectivity index is 2.12. The normalized spacial score (nSPS) is 12.4. The highest BCUT2D eigenvalue weighted by Crippen LogP contribution is 2.20. The van der Waals surface area contributed by atoms with Gasteiger partial charge >= 0.3 is 5.97 Å². The van der Waals surface area contributed by atoms with Crippen LogP contribution in [0.25, 0.3) is 0 Å². The van der Waals surface area contributed by atoms with Crippen molar-refractivity contribution >= 4 is 16.0 Å². The molecule has 7 nitrogen and oxygen atoms in total. The third-order valence-corrected chi connectivity index (χ3v) is 5.12. The highest BCUT2D eigenvalue weighted by molar-refractivity contribution is 7.89. The summed E-state index contributed by atoms with van der Waals surface area (Å²) < 4.78 is 43.1. The van der Waals surface area contributed by atoms with Crippen LogP contribution in [0.15, 0.2) is 59.5 Å². The number of nitrogens with one attached hydrogen (secondary N) is 1. The van der Waals surface area contributed by atoms with Gasteiger partial charge in [-0.1, -0.05) is 30.3 Å². The summed E-state index contributed by atoms with van der Waals surface area (Å²) in [4.78, 5) is 12.1. The van der Waals surface area contributed by atoms with Crippen molar-refractivity contribution in [3.63, 3.8) is 0 Å². The van der Waals surface area contributed by atoms with Crippen LogP contribution in [0.1, 0.15) is 18.5 Å². The van der Waals surface area contributed by atoms with E-state index in [0.29, 0.717) is 31.1 Å². The molecule has 0 amide bonds. The SMILES string of the molecule is CCOCCOc1ccc(S(=O)(=O)NC(C(=O)OC)c2ccccc2)cc1. The van der Waals surface area contributed by atoms with Crippen LogP contribution in [0.4, 0.5) is 0 Å². The smallest absolute Gasteiger partial charge is 0.328 e. The molecule has 146 valence electrons. The topological polar surface area (TPSA) is 90.9 Å². The zero-order chi connectivity index (χ0) is 19.7. The summed E-state index contributed by atoms with van der Waals surface area (Å²) in [5.74, 6) is -0.165. The molecule has 0 aliphatic carbocycles. The number of hydrogen-bond acceptors (Lipinski definition) is 6. The molecular formula is C19H23NO6S. The first kappa shape index (κ1) is 20.9. The molecule has 1 atom stereocenters. The van der Waals surface area contributed by atoms with Crippen molar-refractivity contribution in [2.45, 2.75) is 17.9 Å². The van der Waals surface area contributed by atoms with E-state index in [0.717, 1.165) is 0 Å². The highest BCUT2D eigenvalue weighted by Gasteiger charge is 2.27. The van der Waals surface area contributed by atoms with Crippen molar-refractivity contribution in [1.82, 2.24) is 4.72 Å². The van der Waals surface area contributed by atoms with E-state index >= 15 is 0 Å². The molecule has 0 saturated carbocycles. The van der Waals surface area contributed by atoms with E-state index < -0.39 is 22.0 Å². The lowest BCUT2D eigenvalue weighted by Gasteiger charge is -2.17. The van der Waals surface area contributed by atoms with Gasteiger partial charge in [0.05, 0.1) is 18.6 Å². The zero-order valence-corrected chi connectivity index (χ0v) is 16.1. The van der Waals surface area contributed by atoms with Gasteiger partial charge < -0.3 is 14.2 Å². The quantitative estimate of drug-likeness (QED) is 0.492. The number of sulfonamides is 1. The van der Waals surface area contributed by atoms with Gasteiger partial charge in [-0.05, 0) is 36.8 Å². The lowest BCUT2D eigenvalue weighted by Crippen LogP contribution is -2.34. The third-order valence-electron chi connectivity index (χ3n) is 3.68. The third kappa shape index (κ3) is 6.06. The first-order valence-corrected chi connectivity index (χ1v) is 9.92. The number of esters is 1. The largest absolute Gasteiger partial charge is 0.491 e. The minimum absolute atomic E-state index is 0.0180. The lowest BCUT2D eigenvalue weighted by molar-refractivity contribution is -0.142. The van der Waals surface area contributed by atoms with Crippen LogP contribution in [0.5, 0.6) is 5.75 Å². The Morgan fingerprint density at radius 1 is 1.04 bits per heavy atom. The summed E-state index contributed by atoms with van der Waals surface area (Å²) in [5, 5.41) is 0. The molecule has 2 aromatic rings. The molecule has 0 spiro atoms. The molecule has 8 heteroatoms. The van der Waals surface area contributed by atoms with E-state index in [2.05, 4.69) is 4.72 Å². The molecule has 1 unspecified atom stereocenters. The second kappa shape index (κ2) is 10.1. The maximum Gasteiger partial charge on any atom is 0.328 e. The Morgan fingerprint density at radius 2 is 1.70 bits per heavy atom. The minimum atomic E-state index is -3.94. The average Bonchev–Trinajstić information content (AvgIpc) is 2.70. The Hall–Kier alpha value is -2.42. The minimum Gasteiger partial charge on any atom is -0.491 e. The monoisotopic (exact) mass is 393 g/mol. The van der Waals surface area contributed by atoms with Crippen molar-refractivity contribution < 1.29 is 27.4 Å². The molecule has 27 heavy (non-hydrogen) atoms. The summed E-state index contributed by atoms with van der Waals surface area (Å²) in [7, 11) is -2.73. The van der Waals surface area contributed by atoms with Crippen molar-refractivity contribution in [3.05, 3.63) is 60.2 Å². The first-order valence-electron chi connectivity index (χ1n) is 8.43. The number of methoxy groups -OCH3 is 1. The molecule has 0 heterocycles. The van der Waals surface area contributed by atoms with Crippen LogP contribution in [0.2, 0.25) is 0 Å². The van der Waals surface area contributed by atoms with E-state index in [-0.39, 0.29) is 4.90 Å². The van der Waals surface area contributed by atoms with Gasteiger partial charge in [0.25, 0.3) is 0 Å². The van der Waals surface area contributed by atoms with Crippen molar-refractivity contribution in [3.8, 4) is 5.75 Å². The predicted octanol–water partition coefficient (Wildman–Crippen LogP) is 2.29. The zero-order valence-electron chi connectivity index (χ0n) is 15.3. The average molecular weight is 393 g/mol. The van der Waals surface area contributed by atoms with E-state index in [1.165, 1.54) is 19.2 Å². The van der Waals surface area contributed by atoms with Crippen LogP contribution in [0, 0.1) is 0 Å². The second-order valence-electron chi connectivity index (χ2n) is 5.50. The molecule has 0 aliphatic rings. The van der Waals surface area contributed by atoms with Crippen LogP contribution in [0.3, 0.4) is 0 Å². The Kier molecular flexibility index (Phi) is 7.78. The standard InChI is InChI=1S/C19H23NO6S/c1-3-25-13-14-26-16-9-11-17(12-10-16)27(22,23)20-18(19(21)24-2)15-7-5-4-6-8-15/h4-12,18,20H,3,13-14H2,1-2H3. The molecule has 2 rings (SSSR count). The fraction of sp³-hybridized carbons (Fsp3) is 0.316. The summed E-state index contributed by atoms with van der Waals surface area (Å²) in [5.41, 5.74) is 0.490. The molecule has 1 N–H and O–H groups in total. The molecule has 0 bridgehead atoms. The molecule has 2 aromatic carbocycles. The van der Waals surface area contributed by atoms with Crippen LogP contribution < -0.4 is 9.46 Å². The molecule has 0 aromatic heterocycles. The Labute approximate surface area is 159 Å². The highest BCUT2D eigenvalue weighted by atomic mass is 32.2. The maximum absolute atomic E-state index is 12.7. The van der Waals surface area contributed by atoms with E-state index in [1.54, 1.807) is 42.5 Å². The molecular weight excluding hydrogens is 370 g/mol. The van der Waals surface area contributed by atoms with Gasteiger partial charge in [0.2, 0.25) is 10.0 Å². The maximum atomic E-state index is 12.7. The molecule has 0 saturated heterocycles. The molecule has 0 fully saturated rings. The summed E-state index contributed by atoms with van der Waals surface area (Å²) in [6.45, 7) is 3.32. The van der Waals surface area contributed by atoms with Crippen LogP contribution in [-0.4, -0.2) is 41.3 Å². The number of carbonyl (C=O) groups excluding carboxylic acids is 1. The first-order chi connectivity index (χ1) is 13.0. The van der Waals surface area contributed by atoms with Crippen molar-refractivity contribution in [2.24, 2.45) is 0 Å². The Bertz CT molecular complexity index is 821. The van der Waals surface area contributed by atoms with Crippen molar-refractivity contribution in [2.75, 3.05) is 26.9 Å². The Morgan fingerprint density at radius 3 is 2.30 bits per heavy atom. The van der Waals surface area contributed by atoms with Gasteiger partial charge in [-0.3, -0.25) is 0 Å². The molecule has 0 radical (unpaired) electrons. The number of ether oxygens (including phenoxy) is 3. The number of benzene rings is 2. The summed E-state index contributed by atoms with van der Waals surface area (Å²) in [6.07, 6.45) is 0.